The van der Waals surface area contributed by atoms with Crippen LogP contribution in [-0.4, -0.2) is 29.0 Å². The minimum Gasteiger partial charge on any atom is -0.344 e. The van der Waals surface area contributed by atoms with Crippen molar-refractivity contribution in [2.45, 2.75) is 39.7 Å². The summed E-state index contributed by atoms with van der Waals surface area (Å²) in [4.78, 5) is 23.9. The lowest BCUT2D eigenvalue weighted by Crippen LogP contribution is -2.35. The fraction of sp³-hybridized carbons (Fsp3) is 0.450. The van der Waals surface area contributed by atoms with Gasteiger partial charge in [0.15, 0.2) is 0 Å². The summed E-state index contributed by atoms with van der Waals surface area (Å²) in [5, 5.41) is 3.03. The highest BCUT2D eigenvalue weighted by atomic mass is 16.1. The highest BCUT2D eigenvalue weighted by Gasteiger charge is 2.20. The first kappa shape index (κ1) is 17.4. The van der Waals surface area contributed by atoms with E-state index >= 15 is 0 Å². The Hall–Kier alpha value is -2.43. The zero-order chi connectivity index (χ0) is 17.8. The van der Waals surface area contributed by atoms with Crippen LogP contribution in [0.5, 0.6) is 0 Å². The van der Waals surface area contributed by atoms with Gasteiger partial charge in [-0.1, -0.05) is 37.3 Å². The first-order valence-corrected chi connectivity index (χ1v) is 8.99. The molecule has 1 amide bonds. The minimum atomic E-state index is -0.159. The maximum atomic E-state index is 12.6. The number of nitrogens with zero attached hydrogens (tertiary/aromatic N) is 3. The standard InChI is InChI=1S/C20H26N4O/c1-14-9-11-24(12-10-14)20-21-15(2)13-18(23-20)19(25)22-16(3)17-7-5-4-6-8-17/h4-8,13-14,16H,9-12H2,1-3H3,(H,22,25). The number of anilines is 1. The van der Waals surface area contributed by atoms with E-state index in [2.05, 4.69) is 27.1 Å². The second-order valence-corrected chi connectivity index (χ2v) is 6.97. The average molecular weight is 338 g/mol. The average Bonchev–Trinajstić information content (AvgIpc) is 2.62. The Morgan fingerprint density at radius 3 is 2.56 bits per heavy atom. The molecular weight excluding hydrogens is 312 g/mol. The molecule has 1 saturated heterocycles. The molecule has 2 heterocycles. The third kappa shape index (κ3) is 4.35. The largest absolute Gasteiger partial charge is 0.344 e. The van der Waals surface area contributed by atoms with Gasteiger partial charge in [0.2, 0.25) is 5.95 Å². The Morgan fingerprint density at radius 2 is 1.88 bits per heavy atom. The minimum absolute atomic E-state index is 0.0664. The molecule has 1 unspecified atom stereocenters. The van der Waals surface area contributed by atoms with Crippen molar-refractivity contribution in [3.8, 4) is 0 Å². The summed E-state index contributed by atoms with van der Waals surface area (Å²) in [6.45, 7) is 8.07. The molecule has 1 fully saturated rings. The highest BCUT2D eigenvalue weighted by molar-refractivity contribution is 5.92. The zero-order valence-corrected chi connectivity index (χ0v) is 15.2. The number of amides is 1. The Balaban J connectivity index is 1.74. The molecule has 0 aliphatic carbocycles. The Bertz CT molecular complexity index is 724. The number of aryl methyl sites for hydroxylation is 1. The number of rotatable bonds is 4. The van der Waals surface area contributed by atoms with Crippen LogP contribution in [0.4, 0.5) is 5.95 Å². The van der Waals surface area contributed by atoms with Crippen LogP contribution in [0.3, 0.4) is 0 Å². The van der Waals surface area contributed by atoms with Crippen molar-refractivity contribution >= 4 is 11.9 Å². The lowest BCUT2D eigenvalue weighted by molar-refractivity contribution is 0.0934. The first-order chi connectivity index (χ1) is 12.0. The third-order valence-corrected chi connectivity index (χ3v) is 4.79. The van der Waals surface area contributed by atoms with Crippen LogP contribution in [0.15, 0.2) is 36.4 Å². The fourth-order valence-corrected chi connectivity index (χ4v) is 3.11. The van der Waals surface area contributed by atoms with Gasteiger partial charge in [0.1, 0.15) is 5.69 Å². The van der Waals surface area contributed by atoms with Crippen LogP contribution in [-0.2, 0) is 0 Å². The monoisotopic (exact) mass is 338 g/mol. The van der Waals surface area contributed by atoms with Crippen molar-refractivity contribution in [3.05, 3.63) is 53.3 Å². The molecule has 25 heavy (non-hydrogen) atoms. The molecule has 1 aromatic heterocycles. The summed E-state index contributed by atoms with van der Waals surface area (Å²) in [6.07, 6.45) is 2.29. The predicted octanol–water partition coefficient (Wildman–Crippen LogP) is 3.51. The van der Waals surface area contributed by atoms with Crippen LogP contribution >= 0.6 is 0 Å². The quantitative estimate of drug-likeness (QED) is 0.927. The SMILES string of the molecule is Cc1cc(C(=O)NC(C)c2ccccc2)nc(N2CCC(C)CC2)n1. The van der Waals surface area contributed by atoms with Gasteiger partial charge in [-0.15, -0.1) is 0 Å². The van der Waals surface area contributed by atoms with Gasteiger partial charge in [-0.2, -0.15) is 0 Å². The van der Waals surface area contributed by atoms with Gasteiger partial charge in [-0.3, -0.25) is 4.79 Å². The molecule has 5 nitrogen and oxygen atoms in total. The second kappa shape index (κ2) is 7.64. The Morgan fingerprint density at radius 1 is 1.20 bits per heavy atom. The van der Waals surface area contributed by atoms with Crippen molar-refractivity contribution < 1.29 is 4.79 Å². The number of carbonyl (C=O) groups is 1. The van der Waals surface area contributed by atoms with Gasteiger partial charge in [0, 0.05) is 18.8 Å². The highest BCUT2D eigenvalue weighted by Crippen LogP contribution is 2.21. The first-order valence-electron chi connectivity index (χ1n) is 8.99. The molecule has 0 bridgehead atoms. The summed E-state index contributed by atoms with van der Waals surface area (Å²) in [7, 11) is 0. The number of nitrogens with one attached hydrogen (secondary N) is 1. The number of benzene rings is 1. The van der Waals surface area contributed by atoms with Gasteiger partial charge in [-0.25, -0.2) is 9.97 Å². The van der Waals surface area contributed by atoms with Crippen molar-refractivity contribution in [1.82, 2.24) is 15.3 Å². The van der Waals surface area contributed by atoms with Crippen molar-refractivity contribution in [2.75, 3.05) is 18.0 Å². The molecule has 5 heteroatoms. The number of carbonyl (C=O) groups excluding carboxylic acids is 1. The van der Waals surface area contributed by atoms with Gasteiger partial charge < -0.3 is 10.2 Å². The van der Waals surface area contributed by atoms with E-state index in [1.54, 1.807) is 6.07 Å². The van der Waals surface area contributed by atoms with Gasteiger partial charge >= 0.3 is 0 Å². The van der Waals surface area contributed by atoms with E-state index in [0.29, 0.717) is 11.6 Å². The molecule has 1 atom stereocenters. The van der Waals surface area contributed by atoms with Crippen LogP contribution in [0.25, 0.3) is 0 Å². The molecule has 0 radical (unpaired) electrons. The number of hydrogen-bond acceptors (Lipinski definition) is 4. The van der Waals surface area contributed by atoms with E-state index < -0.39 is 0 Å². The summed E-state index contributed by atoms with van der Waals surface area (Å²) in [6, 6.07) is 11.6. The zero-order valence-electron chi connectivity index (χ0n) is 15.2. The van der Waals surface area contributed by atoms with Crippen molar-refractivity contribution in [3.63, 3.8) is 0 Å². The normalized spacial score (nSPS) is 16.5. The molecular formula is C20H26N4O. The topological polar surface area (TPSA) is 58.1 Å². The van der Waals surface area contributed by atoms with Crippen LogP contribution in [0, 0.1) is 12.8 Å². The summed E-state index contributed by atoms with van der Waals surface area (Å²) in [5.74, 6) is 1.26. The summed E-state index contributed by atoms with van der Waals surface area (Å²) >= 11 is 0. The van der Waals surface area contributed by atoms with E-state index in [4.69, 9.17) is 0 Å². The van der Waals surface area contributed by atoms with Gasteiger partial charge in [-0.05, 0) is 44.2 Å². The summed E-state index contributed by atoms with van der Waals surface area (Å²) < 4.78 is 0. The smallest absolute Gasteiger partial charge is 0.270 e. The number of hydrogen-bond donors (Lipinski definition) is 1. The van der Waals surface area contributed by atoms with E-state index in [1.165, 1.54) is 0 Å². The van der Waals surface area contributed by atoms with Crippen molar-refractivity contribution in [1.29, 1.82) is 0 Å². The third-order valence-electron chi connectivity index (χ3n) is 4.79. The molecule has 0 saturated carbocycles. The molecule has 0 spiro atoms. The lowest BCUT2D eigenvalue weighted by Gasteiger charge is -2.30. The second-order valence-electron chi connectivity index (χ2n) is 6.97. The fourth-order valence-electron chi connectivity index (χ4n) is 3.11. The molecule has 1 N–H and O–H groups in total. The number of piperidine rings is 1. The Kier molecular flexibility index (Phi) is 5.31. The molecule has 1 aliphatic heterocycles. The van der Waals surface area contributed by atoms with Gasteiger partial charge in [0.25, 0.3) is 5.91 Å². The van der Waals surface area contributed by atoms with Crippen molar-refractivity contribution in [2.24, 2.45) is 5.92 Å². The van der Waals surface area contributed by atoms with E-state index in [1.807, 2.05) is 44.2 Å². The van der Waals surface area contributed by atoms with Crippen LogP contribution < -0.4 is 10.2 Å². The van der Waals surface area contributed by atoms with E-state index in [9.17, 15) is 4.79 Å². The van der Waals surface area contributed by atoms with Crippen LogP contribution in [0.1, 0.15) is 54.5 Å². The van der Waals surface area contributed by atoms with E-state index in [0.717, 1.165) is 43.1 Å². The molecule has 1 aliphatic rings. The maximum absolute atomic E-state index is 12.6. The molecule has 132 valence electrons. The molecule has 1 aromatic carbocycles. The van der Waals surface area contributed by atoms with E-state index in [-0.39, 0.29) is 11.9 Å². The lowest BCUT2D eigenvalue weighted by atomic mass is 10.00. The predicted molar refractivity (Wildman–Crippen MR) is 99.7 cm³/mol. The molecule has 3 rings (SSSR count). The number of aromatic nitrogens is 2. The molecule has 2 aromatic rings. The maximum Gasteiger partial charge on any atom is 0.270 e. The summed E-state index contributed by atoms with van der Waals surface area (Å²) in [5.41, 5.74) is 2.33. The van der Waals surface area contributed by atoms with Gasteiger partial charge in [0.05, 0.1) is 6.04 Å². The van der Waals surface area contributed by atoms with Crippen LogP contribution in [0.2, 0.25) is 0 Å². The Labute approximate surface area is 149 Å².